The maximum atomic E-state index is 11.7. The summed E-state index contributed by atoms with van der Waals surface area (Å²) in [5, 5.41) is 15.3. The number of hydrogen-bond donors (Lipinski definition) is 1. The Kier molecular flexibility index (Phi) is 4.10. The third-order valence-corrected chi connectivity index (χ3v) is 3.18. The first-order valence-corrected chi connectivity index (χ1v) is 6.38. The van der Waals surface area contributed by atoms with Gasteiger partial charge in [-0.05, 0) is 23.6 Å². The number of carboxylic acid groups (broad SMARTS) is 1. The maximum Gasteiger partial charge on any atom is 0.248 e. The second-order valence-corrected chi connectivity index (χ2v) is 4.65. The van der Waals surface area contributed by atoms with Gasteiger partial charge in [0.25, 0.3) is 0 Å². The van der Waals surface area contributed by atoms with Crippen molar-refractivity contribution in [2.24, 2.45) is 0 Å². The fraction of sp³-hybridized carbons (Fsp3) is 0. The number of rotatable bonds is 4. The molecule has 5 heteroatoms. The average Bonchev–Trinajstić information content (AvgIpc) is 2.90. The first-order chi connectivity index (χ1) is 9.16. The average molecular weight is 272 g/mol. The fourth-order valence-electron chi connectivity index (χ4n) is 1.49. The Labute approximate surface area is 114 Å². The monoisotopic (exact) mass is 272 g/mol. The highest BCUT2D eigenvalue weighted by Gasteiger charge is 2.04. The molecule has 1 N–H and O–H groups in total. The van der Waals surface area contributed by atoms with Gasteiger partial charge in [0.05, 0.1) is 11.7 Å². The largest absolute Gasteiger partial charge is 0.545 e. The van der Waals surface area contributed by atoms with Crippen LogP contribution in [0.25, 0.3) is 6.08 Å². The minimum absolute atomic E-state index is 0.0413. The third kappa shape index (κ3) is 3.53. The van der Waals surface area contributed by atoms with E-state index in [1.807, 2.05) is 17.5 Å². The summed E-state index contributed by atoms with van der Waals surface area (Å²) in [4.78, 5) is 23.5. The van der Waals surface area contributed by atoms with Crippen molar-refractivity contribution in [1.29, 1.82) is 0 Å². The van der Waals surface area contributed by atoms with E-state index in [4.69, 9.17) is 0 Å². The van der Waals surface area contributed by atoms with Crippen LogP contribution >= 0.6 is 11.3 Å². The first-order valence-electron chi connectivity index (χ1n) is 5.50. The van der Waals surface area contributed by atoms with Crippen molar-refractivity contribution in [2.45, 2.75) is 0 Å². The summed E-state index contributed by atoms with van der Waals surface area (Å²) in [6.45, 7) is 0. The van der Waals surface area contributed by atoms with Gasteiger partial charge in [-0.25, -0.2) is 0 Å². The Bertz CT molecular complexity index is 617. The van der Waals surface area contributed by atoms with E-state index in [0.717, 1.165) is 4.88 Å². The molecule has 1 aromatic heterocycles. The minimum atomic E-state index is -1.32. The standard InChI is InChI=1S/C14H11NO3S/c16-13(8-7-10-4-3-9-19-10)15-12-6-2-1-5-11(12)14(17)18/h1-9H,(H,15,16)(H,17,18)/p-1/b8-7+. The summed E-state index contributed by atoms with van der Waals surface area (Å²) in [5.41, 5.74) is 0.184. The number of aromatic carboxylic acids is 1. The summed E-state index contributed by atoms with van der Waals surface area (Å²) >= 11 is 1.51. The molecule has 0 spiro atoms. The predicted molar refractivity (Wildman–Crippen MR) is 72.8 cm³/mol. The van der Waals surface area contributed by atoms with Crippen LogP contribution < -0.4 is 10.4 Å². The van der Waals surface area contributed by atoms with Gasteiger partial charge < -0.3 is 15.2 Å². The van der Waals surface area contributed by atoms with Crippen molar-refractivity contribution >= 4 is 35.0 Å². The predicted octanol–water partition coefficient (Wildman–Crippen LogP) is 1.76. The van der Waals surface area contributed by atoms with Crippen LogP contribution in [0.5, 0.6) is 0 Å². The first kappa shape index (κ1) is 13.0. The number of para-hydroxylation sites is 1. The molecule has 0 bridgehead atoms. The van der Waals surface area contributed by atoms with E-state index in [9.17, 15) is 14.7 Å². The summed E-state index contributed by atoms with van der Waals surface area (Å²) in [6.07, 6.45) is 3.03. The van der Waals surface area contributed by atoms with Crippen LogP contribution in [0.1, 0.15) is 15.2 Å². The van der Waals surface area contributed by atoms with Crippen LogP contribution in [-0.2, 0) is 4.79 Å². The van der Waals surface area contributed by atoms with Crippen molar-refractivity contribution in [1.82, 2.24) is 0 Å². The summed E-state index contributed by atoms with van der Waals surface area (Å²) in [6, 6.07) is 9.88. The molecule has 96 valence electrons. The summed E-state index contributed by atoms with van der Waals surface area (Å²) < 4.78 is 0. The molecule has 0 saturated heterocycles. The highest BCUT2D eigenvalue weighted by molar-refractivity contribution is 7.10. The molecule has 0 fully saturated rings. The van der Waals surface area contributed by atoms with Crippen LogP contribution in [0, 0.1) is 0 Å². The van der Waals surface area contributed by atoms with Crippen LogP contribution in [0.2, 0.25) is 0 Å². The van der Waals surface area contributed by atoms with Crippen LogP contribution in [0.15, 0.2) is 47.9 Å². The molecule has 19 heavy (non-hydrogen) atoms. The normalized spacial score (nSPS) is 10.5. The summed E-state index contributed by atoms with van der Waals surface area (Å²) in [5.74, 6) is -1.71. The Hall–Kier alpha value is -2.40. The SMILES string of the molecule is O=C(/C=C/c1cccs1)Nc1ccccc1C(=O)[O-]. The quantitative estimate of drug-likeness (QED) is 0.862. The Morgan fingerprint density at radius 1 is 1.16 bits per heavy atom. The van der Waals surface area contributed by atoms with E-state index >= 15 is 0 Å². The number of carboxylic acids is 1. The molecule has 0 aliphatic heterocycles. The van der Waals surface area contributed by atoms with Gasteiger partial charge in [-0.3, -0.25) is 4.79 Å². The second kappa shape index (κ2) is 5.97. The molecule has 0 atom stereocenters. The summed E-state index contributed by atoms with van der Waals surface area (Å²) in [7, 11) is 0. The van der Waals surface area contributed by atoms with E-state index in [1.165, 1.54) is 29.5 Å². The zero-order chi connectivity index (χ0) is 13.7. The zero-order valence-electron chi connectivity index (χ0n) is 9.83. The highest BCUT2D eigenvalue weighted by Crippen LogP contribution is 2.14. The fourth-order valence-corrected chi connectivity index (χ4v) is 2.11. The number of amides is 1. The molecule has 2 aromatic rings. The number of carbonyl (C=O) groups is 2. The van der Waals surface area contributed by atoms with Crippen molar-refractivity contribution in [2.75, 3.05) is 5.32 Å². The Morgan fingerprint density at radius 2 is 1.95 bits per heavy atom. The van der Waals surface area contributed by atoms with E-state index < -0.39 is 5.97 Å². The van der Waals surface area contributed by atoms with Gasteiger partial charge in [0.2, 0.25) is 5.91 Å². The van der Waals surface area contributed by atoms with Gasteiger partial charge >= 0.3 is 0 Å². The molecule has 0 aliphatic rings. The number of hydrogen-bond acceptors (Lipinski definition) is 4. The third-order valence-electron chi connectivity index (χ3n) is 2.35. The molecular formula is C14H10NO3S-. The molecule has 1 aromatic carbocycles. The van der Waals surface area contributed by atoms with Gasteiger partial charge in [0, 0.05) is 16.5 Å². The lowest BCUT2D eigenvalue weighted by atomic mass is 10.2. The molecule has 0 unspecified atom stereocenters. The molecular weight excluding hydrogens is 262 g/mol. The van der Waals surface area contributed by atoms with Gasteiger partial charge in [-0.15, -0.1) is 11.3 Å². The molecule has 2 rings (SSSR count). The number of benzene rings is 1. The molecule has 0 saturated carbocycles. The van der Waals surface area contributed by atoms with Gasteiger partial charge in [-0.1, -0.05) is 24.3 Å². The number of carbonyl (C=O) groups excluding carboxylic acids is 2. The lowest BCUT2D eigenvalue weighted by molar-refractivity contribution is -0.254. The maximum absolute atomic E-state index is 11.7. The molecule has 1 heterocycles. The van der Waals surface area contributed by atoms with Crippen molar-refractivity contribution in [3.63, 3.8) is 0 Å². The van der Waals surface area contributed by atoms with Crippen molar-refractivity contribution in [3.05, 3.63) is 58.3 Å². The zero-order valence-corrected chi connectivity index (χ0v) is 10.6. The highest BCUT2D eigenvalue weighted by atomic mass is 32.1. The Morgan fingerprint density at radius 3 is 2.63 bits per heavy atom. The lowest BCUT2D eigenvalue weighted by Gasteiger charge is -2.09. The number of nitrogens with one attached hydrogen (secondary N) is 1. The lowest BCUT2D eigenvalue weighted by Crippen LogP contribution is -2.24. The van der Waals surface area contributed by atoms with Crippen molar-refractivity contribution in [3.8, 4) is 0 Å². The molecule has 1 amide bonds. The van der Waals surface area contributed by atoms with Gasteiger partial charge in [-0.2, -0.15) is 0 Å². The molecule has 0 aliphatic carbocycles. The molecule has 0 radical (unpaired) electrons. The van der Waals surface area contributed by atoms with Crippen molar-refractivity contribution < 1.29 is 14.7 Å². The van der Waals surface area contributed by atoms with Gasteiger partial charge in [0.15, 0.2) is 0 Å². The van der Waals surface area contributed by atoms with E-state index in [1.54, 1.807) is 18.2 Å². The molecule has 4 nitrogen and oxygen atoms in total. The van der Waals surface area contributed by atoms with E-state index in [2.05, 4.69) is 5.32 Å². The topological polar surface area (TPSA) is 69.2 Å². The second-order valence-electron chi connectivity index (χ2n) is 3.67. The minimum Gasteiger partial charge on any atom is -0.545 e. The van der Waals surface area contributed by atoms with Crippen LogP contribution in [0.3, 0.4) is 0 Å². The van der Waals surface area contributed by atoms with Gasteiger partial charge in [0.1, 0.15) is 0 Å². The number of anilines is 1. The van der Waals surface area contributed by atoms with Crippen LogP contribution in [-0.4, -0.2) is 11.9 Å². The Balaban J connectivity index is 2.09. The smallest absolute Gasteiger partial charge is 0.248 e. The van der Waals surface area contributed by atoms with E-state index in [0.29, 0.717) is 0 Å². The number of thiophene rings is 1. The van der Waals surface area contributed by atoms with E-state index in [-0.39, 0.29) is 17.2 Å². The van der Waals surface area contributed by atoms with Crippen LogP contribution in [0.4, 0.5) is 5.69 Å².